The Kier molecular flexibility index (Phi) is 8.56. The van der Waals surface area contributed by atoms with Gasteiger partial charge in [0.15, 0.2) is 0 Å². The van der Waals surface area contributed by atoms with Crippen molar-refractivity contribution in [3.8, 4) is 0 Å². The van der Waals surface area contributed by atoms with Crippen LogP contribution in [0.2, 0.25) is 0 Å². The molecule has 7 heterocycles. The van der Waals surface area contributed by atoms with Crippen LogP contribution in [-0.2, 0) is 16.0 Å². The summed E-state index contributed by atoms with van der Waals surface area (Å²) in [4.78, 5) is 52.1. The lowest BCUT2D eigenvalue weighted by molar-refractivity contribution is -0.124. The van der Waals surface area contributed by atoms with Crippen LogP contribution in [0.3, 0.4) is 0 Å². The molecule has 1 saturated carbocycles. The zero-order chi connectivity index (χ0) is 43.3. The highest BCUT2D eigenvalue weighted by molar-refractivity contribution is 6.39. The number of nitrogens with zero attached hydrogens (tertiary/aromatic N) is 3. The highest BCUT2D eigenvalue weighted by atomic mass is 16.3. The molecular weight excluding hydrogens is 813 g/mol. The fourth-order valence-corrected chi connectivity index (χ4v) is 12.5. The van der Waals surface area contributed by atoms with Gasteiger partial charge in [-0.2, -0.15) is 0 Å². The Morgan fingerprint density at radius 2 is 1.23 bits per heavy atom. The van der Waals surface area contributed by atoms with Gasteiger partial charge in [0.1, 0.15) is 0 Å². The van der Waals surface area contributed by atoms with E-state index in [0.29, 0.717) is 28.7 Å². The number of benzene rings is 5. The van der Waals surface area contributed by atoms with Gasteiger partial charge in [-0.3, -0.25) is 29.8 Å². The maximum absolute atomic E-state index is 13.1. The van der Waals surface area contributed by atoms with Gasteiger partial charge >= 0.3 is 0 Å². The Morgan fingerprint density at radius 3 is 1.92 bits per heavy atom. The molecule has 14 rings (SSSR count). The van der Waals surface area contributed by atoms with E-state index in [0.717, 1.165) is 103 Å². The number of amides is 4. The maximum atomic E-state index is 13.1. The second-order valence-corrected chi connectivity index (χ2v) is 18.5. The molecule has 0 spiro atoms. The summed E-state index contributed by atoms with van der Waals surface area (Å²) in [6, 6.07) is 33.8. The van der Waals surface area contributed by atoms with Gasteiger partial charge in [-0.15, -0.1) is 0 Å². The highest BCUT2D eigenvalue weighted by Gasteiger charge is 2.45. The molecule has 324 valence electrons. The SMILES string of the molecule is C.CC1CC[C@H](C)Nc2ccccc2C2=Cc3c(c4ccccc4n31)CC1=C2C(=O)NC1=O.O=C1NC(=O)c2c1c1c3ccccc3n3c1c1c2c2ccccc2n1[C@@H]1CC3C[C@H]1CO. The lowest BCUT2D eigenvalue weighted by Crippen LogP contribution is -2.24. The minimum absolute atomic E-state index is 0. The van der Waals surface area contributed by atoms with Crippen molar-refractivity contribution in [3.63, 3.8) is 0 Å². The Morgan fingerprint density at radius 1 is 0.646 bits per heavy atom. The highest BCUT2D eigenvalue weighted by Crippen LogP contribution is 2.55. The molecule has 5 atom stereocenters. The van der Waals surface area contributed by atoms with E-state index in [-0.39, 0.29) is 67.7 Å². The Balaban J connectivity index is 0.000000135. The zero-order valence-corrected chi connectivity index (χ0v) is 35.4. The Hall–Kier alpha value is -7.24. The zero-order valence-electron chi connectivity index (χ0n) is 35.4. The van der Waals surface area contributed by atoms with Crippen LogP contribution >= 0.6 is 0 Å². The third-order valence-corrected chi connectivity index (χ3v) is 15.1. The molecule has 5 aromatic carbocycles. The number of nitrogens with one attached hydrogen (secondary N) is 3. The van der Waals surface area contributed by atoms with Crippen molar-refractivity contribution in [1.82, 2.24) is 24.3 Å². The third-order valence-electron chi connectivity index (χ3n) is 15.1. The first-order chi connectivity index (χ1) is 31.2. The van der Waals surface area contributed by atoms with Gasteiger partial charge in [0.2, 0.25) is 0 Å². The summed E-state index contributed by atoms with van der Waals surface area (Å²) in [5.74, 6) is -1.07. The predicted molar refractivity (Wildman–Crippen MR) is 256 cm³/mol. The number of imide groups is 2. The molecule has 4 amide bonds. The molecular formula is C54H48N6O5. The van der Waals surface area contributed by atoms with E-state index < -0.39 is 0 Å². The van der Waals surface area contributed by atoms with Crippen LogP contribution in [0.1, 0.15) is 103 Å². The third kappa shape index (κ3) is 5.27. The van der Waals surface area contributed by atoms with E-state index in [1.165, 1.54) is 5.52 Å². The normalized spacial score (nSPS) is 22.7. The smallest absolute Gasteiger partial charge is 0.259 e. The van der Waals surface area contributed by atoms with E-state index in [1.54, 1.807) is 0 Å². The molecule has 2 unspecified atom stereocenters. The lowest BCUT2D eigenvalue weighted by atomic mass is 9.93. The Bertz CT molecular complexity index is 3540. The molecule has 65 heavy (non-hydrogen) atoms. The quantitative estimate of drug-likeness (QED) is 0.121. The first-order valence-corrected chi connectivity index (χ1v) is 22.5. The largest absolute Gasteiger partial charge is 0.396 e. The van der Waals surface area contributed by atoms with Gasteiger partial charge in [0.25, 0.3) is 23.6 Å². The summed E-state index contributed by atoms with van der Waals surface area (Å²) in [5, 5.41) is 23.9. The van der Waals surface area contributed by atoms with E-state index >= 15 is 0 Å². The summed E-state index contributed by atoms with van der Waals surface area (Å²) in [7, 11) is 0. The number of aliphatic hydroxyl groups is 1. The molecule has 1 fully saturated rings. The minimum Gasteiger partial charge on any atom is -0.396 e. The second-order valence-electron chi connectivity index (χ2n) is 18.5. The summed E-state index contributed by atoms with van der Waals surface area (Å²) < 4.78 is 7.18. The number of anilines is 1. The van der Waals surface area contributed by atoms with Crippen LogP contribution in [0.25, 0.3) is 66.2 Å². The number of rotatable bonds is 1. The van der Waals surface area contributed by atoms with E-state index in [1.807, 2.05) is 54.6 Å². The minimum atomic E-state index is -0.320. The van der Waals surface area contributed by atoms with E-state index in [9.17, 15) is 24.3 Å². The van der Waals surface area contributed by atoms with Gasteiger partial charge in [0, 0.05) is 109 Å². The van der Waals surface area contributed by atoms with Crippen LogP contribution in [0.4, 0.5) is 5.69 Å². The maximum Gasteiger partial charge on any atom is 0.259 e. The molecule has 4 aliphatic heterocycles. The second kappa shape index (κ2) is 14.1. The number of carbonyl (C=O) groups excluding carboxylic acids is 4. The van der Waals surface area contributed by atoms with Crippen LogP contribution in [0.15, 0.2) is 108 Å². The summed E-state index contributed by atoms with van der Waals surface area (Å²) in [6.45, 7) is 4.60. The van der Waals surface area contributed by atoms with Crippen molar-refractivity contribution < 1.29 is 24.3 Å². The number of hydrogen-bond donors (Lipinski definition) is 4. The molecule has 6 aliphatic rings. The molecule has 4 N–H and O–H groups in total. The molecule has 0 saturated heterocycles. The van der Waals surface area contributed by atoms with Gasteiger partial charge in [-0.05, 0) is 81.0 Å². The molecule has 11 heteroatoms. The topological polar surface area (TPSA) is 139 Å². The molecule has 3 aromatic heterocycles. The van der Waals surface area contributed by atoms with Gasteiger partial charge < -0.3 is 24.1 Å². The fraction of sp³-hybridized carbons (Fsp3) is 0.259. The molecule has 2 aliphatic carbocycles. The number of aliphatic hydroxyl groups excluding tert-OH is 1. The monoisotopic (exact) mass is 860 g/mol. The first kappa shape index (κ1) is 39.4. The number of aromatic nitrogens is 3. The average molecular weight is 861 g/mol. The average Bonchev–Trinajstić information content (AvgIpc) is 4.10. The molecule has 4 bridgehead atoms. The number of carbonyl (C=O) groups is 4. The van der Waals surface area contributed by atoms with Crippen LogP contribution in [0.5, 0.6) is 0 Å². The molecule has 11 nitrogen and oxygen atoms in total. The summed E-state index contributed by atoms with van der Waals surface area (Å²) >= 11 is 0. The van der Waals surface area contributed by atoms with Gasteiger partial charge in [-0.25, -0.2) is 0 Å². The fourth-order valence-electron chi connectivity index (χ4n) is 12.5. The van der Waals surface area contributed by atoms with Crippen molar-refractivity contribution in [2.24, 2.45) is 5.92 Å². The summed E-state index contributed by atoms with van der Waals surface area (Å²) in [5.41, 5.74) is 12.5. The van der Waals surface area contributed by atoms with Crippen molar-refractivity contribution in [1.29, 1.82) is 0 Å². The lowest BCUT2D eigenvalue weighted by Gasteiger charge is -2.22. The first-order valence-electron chi connectivity index (χ1n) is 22.5. The summed E-state index contributed by atoms with van der Waals surface area (Å²) in [6.07, 6.45) is 6.46. The number of hydrogen-bond acceptors (Lipinski definition) is 6. The van der Waals surface area contributed by atoms with Crippen LogP contribution < -0.4 is 16.0 Å². The van der Waals surface area contributed by atoms with E-state index in [4.69, 9.17) is 0 Å². The predicted octanol–water partition coefficient (Wildman–Crippen LogP) is 9.77. The van der Waals surface area contributed by atoms with Gasteiger partial charge in [-0.1, -0.05) is 80.2 Å². The number of para-hydroxylation sites is 4. The van der Waals surface area contributed by atoms with Crippen molar-refractivity contribution in [2.75, 3.05) is 11.9 Å². The van der Waals surface area contributed by atoms with Crippen LogP contribution in [-0.4, -0.2) is 55.1 Å². The molecule has 8 aromatic rings. The van der Waals surface area contributed by atoms with Crippen LogP contribution in [0, 0.1) is 5.92 Å². The van der Waals surface area contributed by atoms with E-state index in [2.05, 4.69) is 92.0 Å². The Labute approximate surface area is 374 Å². The van der Waals surface area contributed by atoms with Crippen molar-refractivity contribution in [3.05, 3.63) is 136 Å². The number of fused-ring (bicyclic) bond motifs is 19. The van der Waals surface area contributed by atoms with Crippen molar-refractivity contribution >= 4 is 95.5 Å². The standard InChI is InChI=1S/C27H25N3O2.C26H19N3O3.CH4/c1-15-11-12-16(2)30-23-10-6-4-8-18(23)19-13-21-25(27(32)29-26(21)31)20(14-24(19)30)17-7-3-5-9-22(17)28-15;30-11-12-9-13-10-18(12)29-17-8-4-2-6-15(17)20-22-21(25(31)27-26(22)32)19-14-5-1-3-7-16(14)28(13)23(19)24(20)29;/h3-10,14-16,28H,11-13H2,1-2H3,(H,29,31,32);1-8,12-13,18,30H,9-11H2,(H,27,31,32);1H4/t15-,16?;12-,13?,18+;/m00./s1. The molecule has 0 radical (unpaired) electrons. The van der Waals surface area contributed by atoms with Gasteiger partial charge in [0.05, 0.1) is 27.7 Å². The van der Waals surface area contributed by atoms with Crippen molar-refractivity contribution in [2.45, 2.75) is 77.5 Å².